The number of benzene rings is 1. The highest BCUT2D eigenvalue weighted by atomic mass is 35.5. The maximum absolute atomic E-state index is 13.7. The number of hydrogen-bond acceptors (Lipinski definition) is 4. The molecule has 0 radical (unpaired) electrons. The van der Waals surface area contributed by atoms with Crippen LogP contribution >= 0.6 is 11.6 Å². The maximum atomic E-state index is 13.7. The first-order valence-electron chi connectivity index (χ1n) is 9.04. The fraction of sp³-hybridized carbons (Fsp3) is 0.579. The first-order chi connectivity index (χ1) is 12.6. The number of nitrogens with one attached hydrogen (secondary N) is 3. The summed E-state index contributed by atoms with van der Waals surface area (Å²) >= 11 is 5.71. The summed E-state index contributed by atoms with van der Waals surface area (Å²) in [6.45, 7) is 6.41. The molecule has 1 fully saturated rings. The topological polar surface area (TPSA) is 79.5 Å². The summed E-state index contributed by atoms with van der Waals surface area (Å²) in [4.78, 5) is 23.5. The van der Waals surface area contributed by atoms with Crippen LogP contribution in [0.1, 0.15) is 39.2 Å². The summed E-state index contributed by atoms with van der Waals surface area (Å²) in [5.74, 6) is -0.314. The number of carbonyl (C=O) groups is 2. The lowest BCUT2D eigenvalue weighted by molar-refractivity contribution is -0.120. The van der Waals surface area contributed by atoms with E-state index < -0.39 is 17.5 Å². The van der Waals surface area contributed by atoms with Crippen LogP contribution in [0, 0.1) is 11.7 Å². The van der Waals surface area contributed by atoms with E-state index in [9.17, 15) is 14.0 Å². The second kappa shape index (κ2) is 9.37. The zero-order chi connectivity index (χ0) is 20.0. The Labute approximate surface area is 164 Å². The van der Waals surface area contributed by atoms with Crippen molar-refractivity contribution in [2.45, 2.75) is 51.8 Å². The Kier molecular flexibility index (Phi) is 7.44. The Bertz CT molecular complexity index is 673. The quantitative estimate of drug-likeness (QED) is 0.658. The smallest absolute Gasteiger partial charge is 0.407 e. The predicted octanol–water partition coefficient (Wildman–Crippen LogP) is 2.99. The van der Waals surface area contributed by atoms with Crippen molar-refractivity contribution >= 4 is 23.6 Å². The Morgan fingerprint density at radius 2 is 2.00 bits per heavy atom. The summed E-state index contributed by atoms with van der Waals surface area (Å²) in [6, 6.07) is 4.81. The van der Waals surface area contributed by atoms with E-state index in [2.05, 4.69) is 16.0 Å². The number of alkyl carbamates (subject to hydrolysis) is 1. The molecule has 0 atom stereocenters. The normalized spacial score (nSPS) is 19.1. The number of halogens is 2. The van der Waals surface area contributed by atoms with Crippen molar-refractivity contribution in [1.29, 1.82) is 0 Å². The number of ether oxygens (including phenoxy) is 1. The molecule has 0 spiro atoms. The molecule has 3 N–H and O–H groups in total. The molecule has 0 unspecified atom stereocenters. The Morgan fingerprint density at radius 1 is 1.30 bits per heavy atom. The number of carbonyl (C=O) groups excluding carboxylic acids is 2. The lowest BCUT2D eigenvalue weighted by Gasteiger charge is -2.36. The summed E-state index contributed by atoms with van der Waals surface area (Å²) in [5, 5.41) is 8.62. The molecule has 0 bridgehead atoms. The molecule has 8 heteroatoms. The molecule has 0 saturated heterocycles. The second-order valence-corrected chi connectivity index (χ2v) is 8.21. The van der Waals surface area contributed by atoms with Crippen molar-refractivity contribution < 1.29 is 18.7 Å². The minimum atomic E-state index is -0.509. The molecule has 1 aliphatic carbocycles. The van der Waals surface area contributed by atoms with Crippen molar-refractivity contribution in [3.63, 3.8) is 0 Å². The van der Waals surface area contributed by atoms with Gasteiger partial charge in [0.2, 0.25) is 5.91 Å². The molecule has 27 heavy (non-hydrogen) atoms. The van der Waals surface area contributed by atoms with Gasteiger partial charge in [-0.15, -0.1) is 0 Å². The van der Waals surface area contributed by atoms with Gasteiger partial charge in [-0.05, 0) is 52.1 Å². The van der Waals surface area contributed by atoms with E-state index in [4.69, 9.17) is 16.3 Å². The van der Waals surface area contributed by atoms with E-state index in [0.717, 1.165) is 12.8 Å². The molecule has 0 aromatic heterocycles. The van der Waals surface area contributed by atoms with Crippen LogP contribution in [0.3, 0.4) is 0 Å². The lowest BCUT2D eigenvalue weighted by atomic mass is 9.80. The third-order valence-corrected chi connectivity index (χ3v) is 4.47. The van der Waals surface area contributed by atoms with Gasteiger partial charge in [0, 0.05) is 18.2 Å². The maximum Gasteiger partial charge on any atom is 0.407 e. The van der Waals surface area contributed by atoms with Gasteiger partial charge in [0.1, 0.15) is 11.4 Å². The highest BCUT2D eigenvalue weighted by Gasteiger charge is 2.31. The van der Waals surface area contributed by atoms with E-state index >= 15 is 0 Å². The molecule has 6 nitrogen and oxygen atoms in total. The van der Waals surface area contributed by atoms with E-state index in [1.165, 1.54) is 6.07 Å². The summed E-state index contributed by atoms with van der Waals surface area (Å²) in [6.07, 6.45) is 1.30. The van der Waals surface area contributed by atoms with Gasteiger partial charge in [0.15, 0.2) is 0 Å². The summed E-state index contributed by atoms with van der Waals surface area (Å²) in [7, 11) is 0. The van der Waals surface area contributed by atoms with Crippen LogP contribution in [0.25, 0.3) is 0 Å². The third-order valence-electron chi connectivity index (χ3n) is 4.18. The van der Waals surface area contributed by atoms with Gasteiger partial charge in [-0.2, -0.15) is 0 Å². The van der Waals surface area contributed by atoms with Gasteiger partial charge in [-0.1, -0.05) is 23.7 Å². The standard InChI is InChI=1S/C19H27ClFN3O3/c1-19(2,3)27-18(26)24-14-7-12(8-14)9-22-11-16(25)23-10-13-5-4-6-15(20)17(13)21/h4-6,12,14,22H,7-11H2,1-3H3,(H,23,25)(H,24,26)/t12-,14-. The van der Waals surface area contributed by atoms with E-state index in [1.807, 2.05) is 20.8 Å². The zero-order valence-corrected chi connectivity index (χ0v) is 16.7. The van der Waals surface area contributed by atoms with Gasteiger partial charge in [-0.25, -0.2) is 9.18 Å². The number of rotatable bonds is 7. The molecular weight excluding hydrogens is 373 g/mol. The molecule has 2 amide bonds. The number of hydrogen-bond donors (Lipinski definition) is 3. The number of amides is 2. The largest absolute Gasteiger partial charge is 0.444 e. The first kappa shape index (κ1) is 21.4. The minimum absolute atomic E-state index is 0.0411. The molecule has 0 aliphatic heterocycles. The van der Waals surface area contributed by atoms with Crippen LogP contribution in [0.15, 0.2) is 18.2 Å². The Morgan fingerprint density at radius 3 is 2.67 bits per heavy atom. The van der Waals surface area contributed by atoms with Gasteiger partial charge >= 0.3 is 6.09 Å². The van der Waals surface area contributed by atoms with Crippen molar-refractivity contribution in [2.75, 3.05) is 13.1 Å². The van der Waals surface area contributed by atoms with Gasteiger partial charge < -0.3 is 20.7 Å². The molecule has 2 rings (SSSR count). The Balaban J connectivity index is 1.56. The SMILES string of the molecule is CC(C)(C)OC(=O)N[C@H]1C[C@H](CNCC(=O)NCc2cccc(Cl)c2F)C1. The fourth-order valence-electron chi connectivity index (χ4n) is 2.83. The lowest BCUT2D eigenvalue weighted by Crippen LogP contribution is -2.49. The van der Waals surface area contributed by atoms with E-state index in [-0.39, 0.29) is 30.1 Å². The molecule has 1 saturated carbocycles. The van der Waals surface area contributed by atoms with Gasteiger partial charge in [-0.3, -0.25) is 4.79 Å². The van der Waals surface area contributed by atoms with Gasteiger partial charge in [0.25, 0.3) is 0 Å². The molecule has 0 heterocycles. The minimum Gasteiger partial charge on any atom is -0.444 e. The second-order valence-electron chi connectivity index (χ2n) is 7.80. The third kappa shape index (κ3) is 7.34. The van der Waals surface area contributed by atoms with E-state index in [0.29, 0.717) is 18.0 Å². The average molecular weight is 400 g/mol. The van der Waals surface area contributed by atoms with Crippen LogP contribution in [-0.4, -0.2) is 36.7 Å². The highest BCUT2D eigenvalue weighted by Crippen LogP contribution is 2.27. The van der Waals surface area contributed by atoms with Crippen LogP contribution in [0.4, 0.5) is 9.18 Å². The van der Waals surface area contributed by atoms with E-state index in [1.54, 1.807) is 12.1 Å². The molecule has 1 aromatic rings. The van der Waals surface area contributed by atoms with Crippen molar-refractivity contribution in [3.05, 3.63) is 34.6 Å². The monoisotopic (exact) mass is 399 g/mol. The average Bonchev–Trinajstić information content (AvgIpc) is 2.52. The highest BCUT2D eigenvalue weighted by molar-refractivity contribution is 6.30. The molecule has 1 aromatic carbocycles. The first-order valence-corrected chi connectivity index (χ1v) is 9.41. The molecule has 1 aliphatic rings. The molecule has 150 valence electrons. The van der Waals surface area contributed by atoms with Crippen LogP contribution in [0.2, 0.25) is 5.02 Å². The van der Waals surface area contributed by atoms with Crippen LogP contribution < -0.4 is 16.0 Å². The van der Waals surface area contributed by atoms with Crippen LogP contribution in [0.5, 0.6) is 0 Å². The Hall–Kier alpha value is -1.86. The fourth-order valence-corrected chi connectivity index (χ4v) is 3.02. The zero-order valence-electron chi connectivity index (χ0n) is 15.9. The molecular formula is C19H27ClFN3O3. The van der Waals surface area contributed by atoms with Crippen LogP contribution in [-0.2, 0) is 16.1 Å². The van der Waals surface area contributed by atoms with Crippen molar-refractivity contribution in [2.24, 2.45) is 5.92 Å². The van der Waals surface area contributed by atoms with Gasteiger partial charge in [0.05, 0.1) is 11.6 Å². The van der Waals surface area contributed by atoms with Crippen molar-refractivity contribution in [3.8, 4) is 0 Å². The summed E-state index contributed by atoms with van der Waals surface area (Å²) in [5.41, 5.74) is -0.151. The predicted molar refractivity (Wildman–Crippen MR) is 102 cm³/mol. The van der Waals surface area contributed by atoms with Crippen molar-refractivity contribution in [1.82, 2.24) is 16.0 Å². The summed E-state index contributed by atoms with van der Waals surface area (Å²) < 4.78 is 19.0.